The summed E-state index contributed by atoms with van der Waals surface area (Å²) in [5.41, 5.74) is 0.770. The van der Waals surface area contributed by atoms with E-state index in [2.05, 4.69) is 38.8 Å². The van der Waals surface area contributed by atoms with E-state index in [1.54, 1.807) is 0 Å². The highest BCUT2D eigenvalue weighted by atomic mass is 79.9. The Balaban J connectivity index is 1.76. The molecule has 4 heteroatoms. The minimum absolute atomic E-state index is 0.318. The minimum Gasteiger partial charge on any atom is -0.381 e. The fourth-order valence-corrected chi connectivity index (χ4v) is 3.58. The summed E-state index contributed by atoms with van der Waals surface area (Å²) in [4.78, 5) is 0. The van der Waals surface area contributed by atoms with Crippen molar-refractivity contribution >= 4 is 15.9 Å². The van der Waals surface area contributed by atoms with Gasteiger partial charge in [0.2, 0.25) is 0 Å². The third-order valence-electron chi connectivity index (χ3n) is 4.30. The van der Waals surface area contributed by atoms with E-state index in [9.17, 15) is 0 Å². The predicted octanol–water partition coefficient (Wildman–Crippen LogP) is 2.56. The van der Waals surface area contributed by atoms with Gasteiger partial charge in [0.25, 0.3) is 0 Å². The predicted molar refractivity (Wildman–Crippen MR) is 60.7 cm³/mol. The molecule has 3 fully saturated rings. The van der Waals surface area contributed by atoms with Gasteiger partial charge in [0.05, 0.1) is 22.3 Å². The first-order chi connectivity index (χ1) is 7.10. The summed E-state index contributed by atoms with van der Waals surface area (Å²) >= 11 is 3.44. The van der Waals surface area contributed by atoms with Crippen molar-refractivity contribution in [2.45, 2.75) is 37.8 Å². The minimum atomic E-state index is 0.318. The first-order valence-electron chi connectivity index (χ1n) is 5.34. The Hall–Kier alpha value is -0.350. The number of halogens is 1. The van der Waals surface area contributed by atoms with Gasteiger partial charge < -0.3 is 4.74 Å². The smallest absolute Gasteiger partial charge is 0.0646 e. The van der Waals surface area contributed by atoms with E-state index in [-0.39, 0.29) is 0 Å². The van der Waals surface area contributed by atoms with E-state index in [0.717, 1.165) is 4.47 Å². The highest BCUT2D eigenvalue weighted by Crippen LogP contribution is 2.73. The summed E-state index contributed by atoms with van der Waals surface area (Å²) in [6.07, 6.45) is 8.02. The van der Waals surface area contributed by atoms with Crippen molar-refractivity contribution in [2.24, 2.45) is 5.41 Å². The number of hydrogen-bond acceptors (Lipinski definition) is 2. The largest absolute Gasteiger partial charge is 0.381 e. The third-order valence-corrected chi connectivity index (χ3v) is 4.71. The van der Waals surface area contributed by atoms with Crippen molar-refractivity contribution in [3.8, 4) is 0 Å². The summed E-state index contributed by atoms with van der Waals surface area (Å²) in [5.74, 6) is 0. The van der Waals surface area contributed by atoms with Crippen LogP contribution in [0.2, 0.25) is 0 Å². The second-order valence-electron chi connectivity index (χ2n) is 5.10. The van der Waals surface area contributed by atoms with Gasteiger partial charge in [-0.05, 0) is 42.1 Å². The van der Waals surface area contributed by atoms with Crippen molar-refractivity contribution < 1.29 is 4.74 Å². The summed E-state index contributed by atoms with van der Waals surface area (Å²) < 4.78 is 8.64. The Morgan fingerprint density at radius 2 is 2.20 bits per heavy atom. The maximum Gasteiger partial charge on any atom is 0.0646 e. The lowest BCUT2D eigenvalue weighted by atomic mass is 9.37. The van der Waals surface area contributed by atoms with Crippen LogP contribution >= 0.6 is 15.9 Å². The molecular formula is C11H15BrN2O. The van der Waals surface area contributed by atoms with Gasteiger partial charge in [-0.2, -0.15) is 5.10 Å². The van der Waals surface area contributed by atoms with Gasteiger partial charge in [-0.1, -0.05) is 0 Å². The molecule has 0 saturated heterocycles. The Kier molecular flexibility index (Phi) is 1.88. The van der Waals surface area contributed by atoms with Crippen LogP contribution in [0.25, 0.3) is 0 Å². The Morgan fingerprint density at radius 3 is 2.67 bits per heavy atom. The van der Waals surface area contributed by atoms with Gasteiger partial charge in [0.15, 0.2) is 0 Å². The number of ether oxygens (including phenoxy) is 1. The van der Waals surface area contributed by atoms with Gasteiger partial charge in [0.1, 0.15) is 0 Å². The van der Waals surface area contributed by atoms with E-state index in [1.165, 1.54) is 19.3 Å². The first-order valence-corrected chi connectivity index (χ1v) is 6.13. The number of nitrogens with zero attached hydrogens (tertiary/aromatic N) is 2. The summed E-state index contributed by atoms with van der Waals surface area (Å²) in [6, 6.07) is 0. The molecule has 3 nitrogen and oxygen atoms in total. The Bertz CT molecular complexity index is 381. The molecule has 1 unspecified atom stereocenters. The highest BCUT2D eigenvalue weighted by Gasteiger charge is 2.71. The topological polar surface area (TPSA) is 27.1 Å². The lowest BCUT2D eigenvalue weighted by Gasteiger charge is -2.71. The number of hydrogen-bond donors (Lipinski definition) is 0. The van der Waals surface area contributed by atoms with Gasteiger partial charge in [-0.25, -0.2) is 0 Å². The van der Waals surface area contributed by atoms with Crippen molar-refractivity contribution in [2.75, 3.05) is 7.11 Å². The van der Waals surface area contributed by atoms with Gasteiger partial charge in [-0.15, -0.1) is 0 Å². The molecule has 1 aromatic rings. The average molecular weight is 271 g/mol. The van der Waals surface area contributed by atoms with E-state index >= 15 is 0 Å². The van der Waals surface area contributed by atoms with Crippen LogP contribution in [0.1, 0.15) is 26.2 Å². The molecule has 0 aliphatic heterocycles. The zero-order valence-corrected chi connectivity index (χ0v) is 10.6. The van der Waals surface area contributed by atoms with Crippen LogP contribution in [0.15, 0.2) is 16.9 Å². The SMILES string of the molecule is COC(C)C12CC(n3cc(Br)cn3)(C1)C2. The highest BCUT2D eigenvalue weighted by molar-refractivity contribution is 9.10. The van der Waals surface area contributed by atoms with E-state index in [1.807, 2.05) is 13.3 Å². The molecule has 3 aliphatic rings. The van der Waals surface area contributed by atoms with Gasteiger partial charge in [0, 0.05) is 18.7 Å². The monoisotopic (exact) mass is 270 g/mol. The van der Waals surface area contributed by atoms with Crippen LogP contribution < -0.4 is 0 Å². The third kappa shape index (κ3) is 1.12. The Labute approximate surface area is 97.9 Å². The average Bonchev–Trinajstić information content (AvgIpc) is 2.47. The quantitative estimate of drug-likeness (QED) is 0.844. The van der Waals surface area contributed by atoms with Crippen molar-refractivity contribution in [1.29, 1.82) is 0 Å². The first kappa shape index (κ1) is 9.85. The number of aromatic nitrogens is 2. The van der Waals surface area contributed by atoms with Crippen molar-refractivity contribution in [1.82, 2.24) is 9.78 Å². The molecule has 3 saturated carbocycles. The van der Waals surface area contributed by atoms with Crippen LogP contribution in [0.4, 0.5) is 0 Å². The summed E-state index contributed by atoms with van der Waals surface area (Å²) in [7, 11) is 1.81. The zero-order valence-electron chi connectivity index (χ0n) is 9.03. The molecule has 0 amide bonds. The molecule has 1 heterocycles. The molecular weight excluding hydrogens is 256 g/mol. The molecule has 4 rings (SSSR count). The van der Waals surface area contributed by atoms with Crippen LogP contribution in [0.3, 0.4) is 0 Å². The summed E-state index contributed by atoms with van der Waals surface area (Å²) in [6.45, 7) is 2.18. The molecule has 0 aromatic carbocycles. The van der Waals surface area contributed by atoms with E-state index < -0.39 is 0 Å². The fourth-order valence-electron chi connectivity index (χ4n) is 3.30. The molecule has 3 aliphatic carbocycles. The molecule has 1 atom stereocenters. The maximum absolute atomic E-state index is 5.44. The van der Waals surface area contributed by atoms with Gasteiger partial charge in [-0.3, -0.25) is 4.68 Å². The molecule has 2 bridgehead atoms. The van der Waals surface area contributed by atoms with E-state index in [0.29, 0.717) is 17.1 Å². The maximum atomic E-state index is 5.44. The standard InChI is InChI=1S/C11H15BrN2O/c1-8(15-2)10-5-11(6-10,7-10)14-4-9(12)3-13-14/h3-4,8H,5-7H2,1-2H3. The van der Waals surface area contributed by atoms with Crippen LogP contribution in [0, 0.1) is 5.41 Å². The van der Waals surface area contributed by atoms with Gasteiger partial charge >= 0.3 is 0 Å². The molecule has 15 heavy (non-hydrogen) atoms. The van der Waals surface area contributed by atoms with Crippen LogP contribution in [-0.4, -0.2) is 23.0 Å². The number of rotatable bonds is 3. The van der Waals surface area contributed by atoms with Crippen molar-refractivity contribution in [3.05, 3.63) is 16.9 Å². The van der Waals surface area contributed by atoms with Crippen LogP contribution in [0.5, 0.6) is 0 Å². The second kappa shape index (κ2) is 2.86. The molecule has 0 spiro atoms. The molecule has 1 aromatic heterocycles. The molecule has 0 N–H and O–H groups in total. The summed E-state index contributed by atoms with van der Waals surface area (Å²) in [5, 5.41) is 4.39. The normalized spacial score (nSPS) is 39.4. The van der Waals surface area contributed by atoms with E-state index in [4.69, 9.17) is 4.74 Å². The lowest BCUT2D eigenvalue weighted by Crippen LogP contribution is -2.71. The second-order valence-corrected chi connectivity index (χ2v) is 6.01. The Morgan fingerprint density at radius 1 is 1.53 bits per heavy atom. The lowest BCUT2D eigenvalue weighted by molar-refractivity contribution is -0.246. The molecule has 82 valence electrons. The zero-order chi connectivity index (χ0) is 10.7. The van der Waals surface area contributed by atoms with Crippen LogP contribution in [-0.2, 0) is 10.3 Å². The number of methoxy groups -OCH3 is 1. The molecule has 0 radical (unpaired) electrons. The fraction of sp³-hybridized carbons (Fsp3) is 0.727. The van der Waals surface area contributed by atoms with Crippen molar-refractivity contribution in [3.63, 3.8) is 0 Å².